The number of ketones is 1. The number of carbonyl (C=O) groups is 1. The van der Waals surface area contributed by atoms with E-state index in [2.05, 4.69) is 26.8 Å². The van der Waals surface area contributed by atoms with Crippen LogP contribution >= 0.6 is 0 Å². The quantitative estimate of drug-likeness (QED) is 0.497. The van der Waals surface area contributed by atoms with Gasteiger partial charge < -0.3 is 9.53 Å². The Bertz CT molecular complexity index is 264. The summed E-state index contributed by atoms with van der Waals surface area (Å²) in [6.45, 7) is 8.02. The van der Waals surface area contributed by atoms with E-state index in [-0.39, 0.29) is 11.4 Å². The van der Waals surface area contributed by atoms with Gasteiger partial charge in [0, 0.05) is 6.42 Å². The van der Waals surface area contributed by atoms with E-state index in [1.807, 2.05) is 0 Å². The average molecular weight is 210 g/mol. The molecule has 0 aromatic carbocycles. The first kappa shape index (κ1) is 12.4. The summed E-state index contributed by atoms with van der Waals surface area (Å²) in [5, 5.41) is 0. The van der Waals surface area contributed by atoms with Crippen LogP contribution in [0.4, 0.5) is 0 Å². The van der Waals surface area contributed by atoms with Crippen molar-refractivity contribution in [2.75, 3.05) is 0 Å². The number of hydrogen-bond donors (Lipinski definition) is 0. The number of allylic oxidation sites excluding steroid dienone is 2. The van der Waals surface area contributed by atoms with Gasteiger partial charge in [0.25, 0.3) is 0 Å². The van der Waals surface area contributed by atoms with E-state index in [4.69, 9.17) is 4.74 Å². The molecule has 86 valence electrons. The Balaban J connectivity index is 2.21. The van der Waals surface area contributed by atoms with Crippen molar-refractivity contribution in [2.24, 2.45) is 0 Å². The Kier molecular flexibility index (Phi) is 4.09. The molecule has 1 saturated heterocycles. The number of carbonyl (C=O) groups excluding carboxylic acids is 1. The van der Waals surface area contributed by atoms with Crippen LogP contribution in [-0.4, -0.2) is 17.5 Å². The van der Waals surface area contributed by atoms with Crippen LogP contribution in [0, 0.1) is 0 Å². The molecule has 2 unspecified atom stereocenters. The van der Waals surface area contributed by atoms with E-state index in [1.54, 1.807) is 6.92 Å². The van der Waals surface area contributed by atoms with Crippen LogP contribution in [0.1, 0.15) is 53.4 Å². The van der Waals surface area contributed by atoms with Gasteiger partial charge in [0.1, 0.15) is 5.78 Å². The Morgan fingerprint density at radius 2 is 2.07 bits per heavy atom. The van der Waals surface area contributed by atoms with Gasteiger partial charge in [0.05, 0.1) is 11.7 Å². The summed E-state index contributed by atoms with van der Waals surface area (Å²) in [4.78, 5) is 10.8. The van der Waals surface area contributed by atoms with Crippen molar-refractivity contribution in [1.82, 2.24) is 0 Å². The van der Waals surface area contributed by atoms with E-state index < -0.39 is 0 Å². The van der Waals surface area contributed by atoms with Gasteiger partial charge in [-0.2, -0.15) is 0 Å². The van der Waals surface area contributed by atoms with Crippen molar-refractivity contribution in [3.63, 3.8) is 0 Å². The number of rotatable bonds is 6. The van der Waals surface area contributed by atoms with Crippen LogP contribution < -0.4 is 0 Å². The molecule has 0 aromatic heterocycles. The van der Waals surface area contributed by atoms with Crippen LogP contribution in [0.2, 0.25) is 0 Å². The van der Waals surface area contributed by atoms with Crippen LogP contribution in [0.5, 0.6) is 0 Å². The maximum atomic E-state index is 10.8. The summed E-state index contributed by atoms with van der Waals surface area (Å²) in [6, 6.07) is 0. The lowest BCUT2D eigenvalue weighted by Crippen LogP contribution is -2.10. The molecule has 2 atom stereocenters. The molecule has 0 aromatic rings. The standard InChI is InChI=1S/C13H22O2/c1-10(2)6-5-9-13(4)12(15-13)8-7-11(3)14/h6,12H,5,7-9H2,1-4H3. The molecule has 2 nitrogen and oxygen atoms in total. The second-order valence-electron chi connectivity index (χ2n) is 4.98. The minimum absolute atomic E-state index is 0.0431. The molecule has 2 heteroatoms. The third-order valence-electron chi connectivity index (χ3n) is 2.99. The first-order valence-electron chi connectivity index (χ1n) is 5.74. The van der Waals surface area contributed by atoms with Gasteiger partial charge in [-0.25, -0.2) is 0 Å². The zero-order valence-electron chi connectivity index (χ0n) is 10.3. The molecule has 1 aliphatic rings. The third-order valence-corrected chi connectivity index (χ3v) is 2.99. The molecule has 1 fully saturated rings. The highest BCUT2D eigenvalue weighted by atomic mass is 16.6. The summed E-state index contributed by atoms with van der Waals surface area (Å²) in [6.07, 6.45) is 6.25. The smallest absolute Gasteiger partial charge is 0.129 e. The van der Waals surface area contributed by atoms with E-state index in [0.29, 0.717) is 12.5 Å². The van der Waals surface area contributed by atoms with E-state index in [9.17, 15) is 4.79 Å². The molecule has 0 saturated carbocycles. The second-order valence-corrected chi connectivity index (χ2v) is 4.98. The van der Waals surface area contributed by atoms with E-state index in [1.165, 1.54) is 5.57 Å². The minimum Gasteiger partial charge on any atom is -0.366 e. The van der Waals surface area contributed by atoms with Crippen molar-refractivity contribution in [2.45, 2.75) is 65.1 Å². The molecule has 0 radical (unpaired) electrons. The summed E-state index contributed by atoms with van der Waals surface area (Å²) >= 11 is 0. The lowest BCUT2D eigenvalue weighted by Gasteiger charge is -2.03. The topological polar surface area (TPSA) is 29.6 Å². The maximum Gasteiger partial charge on any atom is 0.129 e. The summed E-state index contributed by atoms with van der Waals surface area (Å²) in [5.41, 5.74) is 1.40. The third kappa shape index (κ3) is 4.17. The Labute approximate surface area is 92.7 Å². The van der Waals surface area contributed by atoms with Gasteiger partial charge in [-0.05, 0) is 47.0 Å². The fourth-order valence-corrected chi connectivity index (χ4v) is 1.86. The summed E-state index contributed by atoms with van der Waals surface area (Å²) < 4.78 is 5.66. The summed E-state index contributed by atoms with van der Waals surface area (Å²) in [5.74, 6) is 0.261. The van der Waals surface area contributed by atoms with Crippen molar-refractivity contribution in [1.29, 1.82) is 0 Å². The number of Topliss-reactive ketones (excluding diaryl/α,β-unsaturated/α-hetero) is 1. The van der Waals surface area contributed by atoms with Crippen molar-refractivity contribution < 1.29 is 9.53 Å². The zero-order valence-corrected chi connectivity index (χ0v) is 10.3. The molecular weight excluding hydrogens is 188 g/mol. The first-order valence-corrected chi connectivity index (χ1v) is 5.74. The van der Waals surface area contributed by atoms with Crippen LogP contribution in [0.15, 0.2) is 11.6 Å². The van der Waals surface area contributed by atoms with Gasteiger partial charge >= 0.3 is 0 Å². The van der Waals surface area contributed by atoms with Crippen molar-refractivity contribution in [3.05, 3.63) is 11.6 Å². The van der Waals surface area contributed by atoms with Crippen LogP contribution in [0.25, 0.3) is 0 Å². The first-order chi connectivity index (χ1) is 6.94. The molecule has 0 N–H and O–H groups in total. The van der Waals surface area contributed by atoms with Gasteiger partial charge in [0.2, 0.25) is 0 Å². The predicted octanol–water partition coefficient (Wildman–Crippen LogP) is 3.26. The minimum atomic E-state index is 0.0431. The lowest BCUT2D eigenvalue weighted by atomic mass is 9.97. The second kappa shape index (κ2) is 4.93. The summed E-state index contributed by atoms with van der Waals surface area (Å²) in [7, 11) is 0. The SMILES string of the molecule is CC(=O)CCC1OC1(C)CCC=C(C)C. The Hall–Kier alpha value is -0.630. The molecule has 1 aliphatic heterocycles. The van der Waals surface area contributed by atoms with E-state index >= 15 is 0 Å². The molecule has 15 heavy (non-hydrogen) atoms. The fraction of sp³-hybridized carbons (Fsp3) is 0.769. The van der Waals surface area contributed by atoms with Crippen molar-refractivity contribution >= 4 is 5.78 Å². The molecule has 1 heterocycles. The molecular formula is C13H22O2. The molecule has 0 amide bonds. The zero-order chi connectivity index (χ0) is 11.5. The van der Waals surface area contributed by atoms with Crippen LogP contribution in [-0.2, 0) is 9.53 Å². The number of hydrogen-bond acceptors (Lipinski definition) is 2. The maximum absolute atomic E-state index is 10.8. The van der Waals surface area contributed by atoms with Gasteiger partial charge in [-0.15, -0.1) is 0 Å². The van der Waals surface area contributed by atoms with Crippen molar-refractivity contribution in [3.8, 4) is 0 Å². The normalized spacial score (nSPS) is 28.7. The van der Waals surface area contributed by atoms with Gasteiger partial charge in [0.15, 0.2) is 0 Å². The molecule has 0 spiro atoms. The highest BCUT2D eigenvalue weighted by Crippen LogP contribution is 2.43. The van der Waals surface area contributed by atoms with Crippen LogP contribution in [0.3, 0.4) is 0 Å². The monoisotopic (exact) mass is 210 g/mol. The lowest BCUT2D eigenvalue weighted by molar-refractivity contribution is -0.117. The van der Waals surface area contributed by atoms with E-state index in [0.717, 1.165) is 19.3 Å². The van der Waals surface area contributed by atoms with Gasteiger partial charge in [-0.1, -0.05) is 11.6 Å². The fourth-order valence-electron chi connectivity index (χ4n) is 1.86. The number of epoxide rings is 1. The highest BCUT2D eigenvalue weighted by molar-refractivity contribution is 5.75. The highest BCUT2D eigenvalue weighted by Gasteiger charge is 2.50. The molecule has 1 rings (SSSR count). The molecule has 0 aliphatic carbocycles. The Morgan fingerprint density at radius 3 is 2.60 bits per heavy atom. The predicted molar refractivity (Wildman–Crippen MR) is 61.9 cm³/mol. The van der Waals surface area contributed by atoms with Gasteiger partial charge in [-0.3, -0.25) is 0 Å². The molecule has 0 bridgehead atoms. The number of ether oxygens (including phenoxy) is 1. The largest absolute Gasteiger partial charge is 0.366 e. The average Bonchev–Trinajstić information content (AvgIpc) is 2.73. The Morgan fingerprint density at radius 1 is 1.40 bits per heavy atom.